The van der Waals surface area contributed by atoms with Gasteiger partial charge in [0.1, 0.15) is 0 Å². The Morgan fingerprint density at radius 1 is 1.31 bits per heavy atom. The number of aryl methyl sites for hydroxylation is 1. The summed E-state index contributed by atoms with van der Waals surface area (Å²) in [6.45, 7) is 6.38. The average molecular weight is 218 g/mol. The van der Waals surface area contributed by atoms with Crippen molar-refractivity contribution in [1.29, 1.82) is 0 Å². The highest BCUT2D eigenvalue weighted by molar-refractivity contribution is 5.57. The van der Waals surface area contributed by atoms with E-state index < -0.39 is 0 Å². The van der Waals surface area contributed by atoms with E-state index in [4.69, 9.17) is 10.2 Å². The standard InChI is InChI=1S/C11H12N2O.C2H6/c1-8-3-2-4-9(5-8)10-7-13-11(6-12)14-10;1-2/h2-5,7H,6,12H2,1H3;1-2H3. The number of hydrogen-bond acceptors (Lipinski definition) is 3. The number of hydrogen-bond donors (Lipinski definition) is 1. The van der Waals surface area contributed by atoms with Gasteiger partial charge in [-0.25, -0.2) is 4.98 Å². The summed E-state index contributed by atoms with van der Waals surface area (Å²) < 4.78 is 5.44. The van der Waals surface area contributed by atoms with Crippen LogP contribution in [0.5, 0.6) is 0 Å². The number of nitrogens with zero attached hydrogens (tertiary/aromatic N) is 1. The van der Waals surface area contributed by atoms with E-state index in [1.165, 1.54) is 5.56 Å². The van der Waals surface area contributed by atoms with Crippen molar-refractivity contribution in [3.8, 4) is 11.3 Å². The Morgan fingerprint density at radius 3 is 2.62 bits per heavy atom. The van der Waals surface area contributed by atoms with Gasteiger partial charge in [0.2, 0.25) is 5.89 Å². The molecule has 0 saturated heterocycles. The van der Waals surface area contributed by atoms with Crippen molar-refractivity contribution >= 4 is 0 Å². The molecule has 1 heterocycles. The summed E-state index contributed by atoms with van der Waals surface area (Å²) in [7, 11) is 0. The van der Waals surface area contributed by atoms with E-state index in [1.807, 2.05) is 39.0 Å². The van der Waals surface area contributed by atoms with Gasteiger partial charge in [0.15, 0.2) is 5.76 Å². The van der Waals surface area contributed by atoms with Crippen LogP contribution < -0.4 is 5.73 Å². The summed E-state index contributed by atoms with van der Waals surface area (Å²) in [6, 6.07) is 8.09. The minimum Gasteiger partial charge on any atom is -0.439 e. The zero-order valence-electron chi connectivity index (χ0n) is 10.0. The molecular formula is C13H18N2O. The van der Waals surface area contributed by atoms with Gasteiger partial charge in [-0.2, -0.15) is 0 Å². The van der Waals surface area contributed by atoms with E-state index in [0.29, 0.717) is 12.4 Å². The van der Waals surface area contributed by atoms with Gasteiger partial charge in [0, 0.05) is 5.56 Å². The molecule has 3 nitrogen and oxygen atoms in total. The fourth-order valence-corrected chi connectivity index (χ4v) is 1.34. The molecule has 16 heavy (non-hydrogen) atoms. The van der Waals surface area contributed by atoms with E-state index in [-0.39, 0.29) is 0 Å². The second-order valence-electron chi connectivity index (χ2n) is 3.19. The molecule has 3 heteroatoms. The molecule has 0 unspecified atom stereocenters. The third kappa shape index (κ3) is 2.94. The Kier molecular flexibility index (Phi) is 4.73. The normalized spacial score (nSPS) is 9.50. The smallest absolute Gasteiger partial charge is 0.208 e. The zero-order chi connectivity index (χ0) is 12.0. The van der Waals surface area contributed by atoms with Crippen LogP contribution >= 0.6 is 0 Å². The number of rotatable bonds is 2. The Balaban J connectivity index is 0.000000606. The third-order valence-corrected chi connectivity index (χ3v) is 2.03. The second-order valence-corrected chi connectivity index (χ2v) is 3.19. The van der Waals surface area contributed by atoms with Gasteiger partial charge in [-0.05, 0) is 13.0 Å². The van der Waals surface area contributed by atoms with E-state index in [0.717, 1.165) is 11.3 Å². The van der Waals surface area contributed by atoms with E-state index in [9.17, 15) is 0 Å². The van der Waals surface area contributed by atoms with Gasteiger partial charge < -0.3 is 10.2 Å². The highest BCUT2D eigenvalue weighted by Crippen LogP contribution is 2.20. The Labute approximate surface area is 96.3 Å². The van der Waals surface area contributed by atoms with E-state index in [2.05, 4.69) is 11.1 Å². The Bertz CT molecular complexity index is 435. The first kappa shape index (κ1) is 12.5. The molecule has 0 amide bonds. The summed E-state index contributed by atoms with van der Waals surface area (Å²) in [6.07, 6.45) is 1.71. The van der Waals surface area contributed by atoms with E-state index in [1.54, 1.807) is 6.20 Å². The fourth-order valence-electron chi connectivity index (χ4n) is 1.34. The van der Waals surface area contributed by atoms with Crippen LogP contribution in [0.4, 0.5) is 0 Å². The molecule has 2 rings (SSSR count). The topological polar surface area (TPSA) is 52.0 Å². The Hall–Kier alpha value is -1.61. The van der Waals surface area contributed by atoms with Crippen LogP contribution in [0, 0.1) is 6.92 Å². The first-order valence-electron chi connectivity index (χ1n) is 5.51. The second kappa shape index (κ2) is 6.08. The van der Waals surface area contributed by atoms with Gasteiger partial charge in [-0.15, -0.1) is 0 Å². The molecule has 2 aromatic rings. The highest BCUT2D eigenvalue weighted by Gasteiger charge is 2.04. The van der Waals surface area contributed by atoms with Crippen molar-refractivity contribution in [2.45, 2.75) is 27.3 Å². The van der Waals surface area contributed by atoms with Crippen LogP contribution in [-0.4, -0.2) is 4.98 Å². The molecule has 1 aromatic heterocycles. The lowest BCUT2D eigenvalue weighted by Crippen LogP contribution is -1.94. The first-order chi connectivity index (χ1) is 7.79. The molecule has 2 N–H and O–H groups in total. The summed E-state index contributed by atoms with van der Waals surface area (Å²) >= 11 is 0. The van der Waals surface area contributed by atoms with E-state index >= 15 is 0 Å². The van der Waals surface area contributed by atoms with Crippen LogP contribution in [0.25, 0.3) is 11.3 Å². The van der Waals surface area contributed by atoms with Crippen molar-refractivity contribution in [3.05, 3.63) is 41.9 Å². The van der Waals surface area contributed by atoms with Gasteiger partial charge >= 0.3 is 0 Å². The number of benzene rings is 1. The quantitative estimate of drug-likeness (QED) is 0.842. The summed E-state index contributed by atoms with van der Waals surface area (Å²) in [4.78, 5) is 4.05. The third-order valence-electron chi connectivity index (χ3n) is 2.03. The lowest BCUT2D eigenvalue weighted by molar-refractivity contribution is 0.509. The van der Waals surface area contributed by atoms with Crippen molar-refractivity contribution < 1.29 is 4.42 Å². The maximum absolute atomic E-state index is 5.44. The lowest BCUT2D eigenvalue weighted by Gasteiger charge is -1.96. The summed E-state index contributed by atoms with van der Waals surface area (Å²) in [5.41, 5.74) is 7.66. The zero-order valence-corrected chi connectivity index (χ0v) is 10.0. The van der Waals surface area contributed by atoms with Gasteiger partial charge in [-0.3, -0.25) is 0 Å². The van der Waals surface area contributed by atoms with Crippen LogP contribution in [-0.2, 0) is 6.54 Å². The molecule has 0 spiro atoms. The molecule has 1 aromatic carbocycles. The molecule has 0 aliphatic rings. The fraction of sp³-hybridized carbons (Fsp3) is 0.308. The number of aromatic nitrogens is 1. The predicted molar refractivity (Wildman–Crippen MR) is 65.9 cm³/mol. The monoisotopic (exact) mass is 218 g/mol. The van der Waals surface area contributed by atoms with Gasteiger partial charge in [0.25, 0.3) is 0 Å². The lowest BCUT2D eigenvalue weighted by atomic mass is 10.1. The largest absolute Gasteiger partial charge is 0.439 e. The van der Waals surface area contributed by atoms with Crippen LogP contribution in [0.2, 0.25) is 0 Å². The van der Waals surface area contributed by atoms with Gasteiger partial charge in [0.05, 0.1) is 12.7 Å². The molecule has 0 atom stereocenters. The maximum atomic E-state index is 5.44. The number of nitrogens with two attached hydrogens (primary N) is 1. The van der Waals surface area contributed by atoms with Crippen LogP contribution in [0.15, 0.2) is 34.9 Å². The first-order valence-corrected chi connectivity index (χ1v) is 5.51. The molecule has 0 bridgehead atoms. The minimum absolute atomic E-state index is 0.339. The van der Waals surface area contributed by atoms with Crippen molar-refractivity contribution in [1.82, 2.24) is 4.98 Å². The molecule has 0 radical (unpaired) electrons. The van der Waals surface area contributed by atoms with Crippen molar-refractivity contribution in [2.75, 3.05) is 0 Å². The average Bonchev–Trinajstić information content (AvgIpc) is 2.80. The molecule has 0 aliphatic carbocycles. The maximum Gasteiger partial charge on any atom is 0.208 e. The summed E-state index contributed by atoms with van der Waals surface area (Å²) in [5, 5.41) is 0. The SMILES string of the molecule is CC.Cc1cccc(-c2cnc(CN)o2)c1. The van der Waals surface area contributed by atoms with Crippen LogP contribution in [0.3, 0.4) is 0 Å². The predicted octanol–water partition coefficient (Wildman–Crippen LogP) is 3.13. The van der Waals surface area contributed by atoms with Crippen molar-refractivity contribution in [2.24, 2.45) is 5.73 Å². The highest BCUT2D eigenvalue weighted by atomic mass is 16.4. The minimum atomic E-state index is 0.339. The molecule has 0 fully saturated rings. The van der Waals surface area contributed by atoms with Crippen LogP contribution in [0.1, 0.15) is 25.3 Å². The Morgan fingerprint density at radius 2 is 2.06 bits per heavy atom. The number of oxazole rings is 1. The summed E-state index contributed by atoms with van der Waals surface area (Å²) in [5.74, 6) is 1.34. The molecule has 0 saturated carbocycles. The molecule has 86 valence electrons. The molecule has 0 aliphatic heterocycles. The van der Waals surface area contributed by atoms with Gasteiger partial charge in [-0.1, -0.05) is 37.6 Å². The molecular weight excluding hydrogens is 200 g/mol. The van der Waals surface area contributed by atoms with Crippen molar-refractivity contribution in [3.63, 3.8) is 0 Å².